The van der Waals surface area contributed by atoms with E-state index >= 15 is 0 Å². The van der Waals surface area contributed by atoms with Crippen LogP contribution >= 0.6 is 0 Å². The smallest absolute Gasteiger partial charge is 0.353 e. The second kappa shape index (κ2) is 4.52. The fourth-order valence-electron chi connectivity index (χ4n) is 1.80. The highest BCUT2D eigenvalue weighted by Crippen LogP contribution is 2.23. The van der Waals surface area contributed by atoms with Crippen LogP contribution in [0.5, 0.6) is 0 Å². The van der Waals surface area contributed by atoms with Crippen molar-refractivity contribution in [1.29, 1.82) is 0 Å². The van der Waals surface area contributed by atoms with Gasteiger partial charge in [-0.15, -0.1) is 0 Å². The molecule has 0 unspecified atom stereocenters. The van der Waals surface area contributed by atoms with E-state index in [1.54, 1.807) is 0 Å². The first kappa shape index (κ1) is 12.2. The van der Waals surface area contributed by atoms with Crippen molar-refractivity contribution < 1.29 is 14.7 Å². The normalized spacial score (nSPS) is 15.1. The number of carbonyl (C=O) groups excluding carboxylic acids is 1. The number of hydrogen-bond acceptors (Lipinski definition) is 3. The lowest BCUT2D eigenvalue weighted by Gasteiger charge is -2.29. The van der Waals surface area contributed by atoms with Crippen molar-refractivity contribution in [1.82, 2.24) is 5.43 Å². The number of hydrogen-bond donors (Lipinski definition) is 2. The predicted molar refractivity (Wildman–Crippen MR) is 66.9 cm³/mol. The van der Waals surface area contributed by atoms with Gasteiger partial charge in [-0.3, -0.25) is 10.2 Å². The molecule has 1 heterocycles. The number of nitrogens with zero attached hydrogens (tertiary/aromatic N) is 1. The van der Waals surface area contributed by atoms with Crippen LogP contribution in [0, 0.1) is 13.8 Å². The van der Waals surface area contributed by atoms with Gasteiger partial charge in [-0.2, -0.15) is 0 Å². The van der Waals surface area contributed by atoms with E-state index in [4.69, 9.17) is 5.11 Å². The molecule has 1 aromatic carbocycles. The number of carboxylic acids is 1. The van der Waals surface area contributed by atoms with Gasteiger partial charge in [-0.1, -0.05) is 12.1 Å². The molecule has 0 saturated carbocycles. The number of carbonyl (C=O) groups is 2. The van der Waals surface area contributed by atoms with E-state index in [1.807, 2.05) is 32.0 Å². The summed E-state index contributed by atoms with van der Waals surface area (Å²) in [5.41, 5.74) is 5.26. The van der Waals surface area contributed by atoms with Crippen molar-refractivity contribution in [3.63, 3.8) is 0 Å². The summed E-state index contributed by atoms with van der Waals surface area (Å²) in [6.07, 6.45) is 1.47. The molecule has 0 aliphatic carbocycles. The van der Waals surface area contributed by atoms with Gasteiger partial charge in [0.25, 0.3) is 0 Å². The molecular formula is C13H14N2O3. The van der Waals surface area contributed by atoms with Gasteiger partial charge in [0.2, 0.25) is 5.91 Å². The predicted octanol–water partition coefficient (Wildman–Crippen LogP) is 1.51. The summed E-state index contributed by atoms with van der Waals surface area (Å²) < 4.78 is 0. The van der Waals surface area contributed by atoms with Crippen molar-refractivity contribution in [2.45, 2.75) is 20.3 Å². The quantitative estimate of drug-likeness (QED) is 0.830. The second-order valence-electron chi connectivity index (χ2n) is 4.26. The number of anilines is 1. The molecule has 5 nitrogen and oxygen atoms in total. The molecule has 0 saturated heterocycles. The number of hydrazine groups is 1. The summed E-state index contributed by atoms with van der Waals surface area (Å²) >= 11 is 0. The number of aryl methyl sites for hydroxylation is 2. The third kappa shape index (κ3) is 2.20. The molecular weight excluding hydrogens is 232 g/mol. The molecule has 2 rings (SSSR count). The molecule has 2 N–H and O–H groups in total. The van der Waals surface area contributed by atoms with Crippen LogP contribution in [-0.2, 0) is 9.59 Å². The Balaban J connectivity index is 2.38. The van der Waals surface area contributed by atoms with Gasteiger partial charge < -0.3 is 5.11 Å². The topological polar surface area (TPSA) is 69.6 Å². The zero-order valence-electron chi connectivity index (χ0n) is 10.2. The summed E-state index contributed by atoms with van der Waals surface area (Å²) in [5.74, 6) is -1.24. The minimum absolute atomic E-state index is 0.0236. The molecule has 1 aliphatic heterocycles. The Morgan fingerprint density at radius 3 is 2.78 bits per heavy atom. The van der Waals surface area contributed by atoms with E-state index in [0.29, 0.717) is 5.69 Å². The Labute approximate surface area is 105 Å². The first-order chi connectivity index (χ1) is 8.49. The van der Waals surface area contributed by atoms with Crippen LogP contribution in [0.25, 0.3) is 0 Å². The molecule has 1 aliphatic rings. The van der Waals surface area contributed by atoms with Crippen LogP contribution in [-0.4, -0.2) is 17.0 Å². The van der Waals surface area contributed by atoms with Crippen molar-refractivity contribution in [2.24, 2.45) is 0 Å². The van der Waals surface area contributed by atoms with E-state index in [9.17, 15) is 9.59 Å². The first-order valence-corrected chi connectivity index (χ1v) is 5.59. The van der Waals surface area contributed by atoms with Crippen LogP contribution in [0.15, 0.2) is 30.0 Å². The van der Waals surface area contributed by atoms with Gasteiger partial charge in [-0.25, -0.2) is 9.80 Å². The van der Waals surface area contributed by atoms with E-state index < -0.39 is 5.97 Å². The number of nitrogens with one attached hydrogen (secondary N) is 1. The SMILES string of the molecule is Cc1ccc(C)c(N2NC(C(=O)O)=CCC2=O)c1. The molecule has 0 radical (unpaired) electrons. The number of amides is 1. The maximum atomic E-state index is 11.9. The van der Waals surface area contributed by atoms with Crippen LogP contribution in [0.2, 0.25) is 0 Å². The van der Waals surface area contributed by atoms with Gasteiger partial charge in [0.05, 0.1) is 5.69 Å². The number of rotatable bonds is 2. The van der Waals surface area contributed by atoms with Crippen LogP contribution in [0.4, 0.5) is 5.69 Å². The van der Waals surface area contributed by atoms with Gasteiger partial charge in [0.15, 0.2) is 0 Å². The Kier molecular flexibility index (Phi) is 3.06. The summed E-state index contributed by atoms with van der Waals surface area (Å²) in [5, 5.41) is 10.2. The van der Waals surface area contributed by atoms with Crippen molar-refractivity contribution in [3.8, 4) is 0 Å². The van der Waals surface area contributed by atoms with E-state index in [-0.39, 0.29) is 18.0 Å². The van der Waals surface area contributed by atoms with Gasteiger partial charge in [0, 0.05) is 6.42 Å². The molecule has 0 fully saturated rings. The first-order valence-electron chi connectivity index (χ1n) is 5.59. The fourth-order valence-corrected chi connectivity index (χ4v) is 1.80. The highest BCUT2D eigenvalue weighted by atomic mass is 16.4. The molecule has 1 amide bonds. The van der Waals surface area contributed by atoms with Crippen LogP contribution in [0.3, 0.4) is 0 Å². The molecule has 0 atom stereocenters. The van der Waals surface area contributed by atoms with E-state index in [0.717, 1.165) is 11.1 Å². The molecule has 0 spiro atoms. The molecule has 94 valence electrons. The largest absolute Gasteiger partial charge is 0.477 e. The molecule has 0 aromatic heterocycles. The highest BCUT2D eigenvalue weighted by molar-refractivity contribution is 5.99. The third-order valence-electron chi connectivity index (χ3n) is 2.80. The summed E-state index contributed by atoms with van der Waals surface area (Å²) in [7, 11) is 0. The van der Waals surface area contributed by atoms with Crippen molar-refractivity contribution in [2.75, 3.05) is 5.01 Å². The summed E-state index contributed by atoms with van der Waals surface area (Å²) in [6, 6.07) is 5.70. The standard InChI is InChI=1S/C13H14N2O3/c1-8-3-4-9(2)11(7-8)15-12(16)6-5-10(14-15)13(17)18/h3-5,7,14H,6H2,1-2H3,(H,17,18). The van der Waals surface area contributed by atoms with Crippen LogP contribution in [0.1, 0.15) is 17.5 Å². The minimum Gasteiger partial charge on any atom is -0.477 e. The van der Waals surface area contributed by atoms with Gasteiger partial charge >= 0.3 is 5.97 Å². The molecule has 5 heteroatoms. The van der Waals surface area contributed by atoms with Crippen molar-refractivity contribution in [3.05, 3.63) is 41.1 Å². The Morgan fingerprint density at radius 1 is 1.39 bits per heavy atom. The Hall–Kier alpha value is -2.30. The lowest BCUT2D eigenvalue weighted by Crippen LogP contribution is -2.47. The maximum Gasteiger partial charge on any atom is 0.353 e. The number of carboxylic acid groups (broad SMARTS) is 1. The Morgan fingerprint density at radius 2 is 2.11 bits per heavy atom. The maximum absolute atomic E-state index is 11.9. The summed E-state index contributed by atoms with van der Waals surface area (Å²) in [4.78, 5) is 22.8. The van der Waals surface area contributed by atoms with E-state index in [1.165, 1.54) is 11.1 Å². The zero-order valence-corrected chi connectivity index (χ0v) is 10.2. The lowest BCUT2D eigenvalue weighted by molar-refractivity contribution is -0.133. The number of aliphatic carboxylic acids is 1. The van der Waals surface area contributed by atoms with Gasteiger partial charge in [-0.05, 0) is 37.1 Å². The monoisotopic (exact) mass is 246 g/mol. The number of benzene rings is 1. The second-order valence-corrected chi connectivity index (χ2v) is 4.26. The fraction of sp³-hybridized carbons (Fsp3) is 0.231. The lowest BCUT2D eigenvalue weighted by atomic mass is 10.1. The van der Waals surface area contributed by atoms with Crippen LogP contribution < -0.4 is 10.4 Å². The van der Waals surface area contributed by atoms with Crippen molar-refractivity contribution >= 4 is 17.6 Å². The average Bonchev–Trinajstić information content (AvgIpc) is 2.33. The minimum atomic E-state index is -1.07. The highest BCUT2D eigenvalue weighted by Gasteiger charge is 2.24. The molecule has 1 aromatic rings. The zero-order chi connectivity index (χ0) is 13.3. The van der Waals surface area contributed by atoms with E-state index in [2.05, 4.69) is 5.43 Å². The van der Waals surface area contributed by atoms with Gasteiger partial charge in [0.1, 0.15) is 5.70 Å². The average molecular weight is 246 g/mol. The third-order valence-corrected chi connectivity index (χ3v) is 2.80. The summed E-state index contributed by atoms with van der Waals surface area (Å²) in [6.45, 7) is 3.80. The molecule has 18 heavy (non-hydrogen) atoms. The Bertz CT molecular complexity index is 549. The molecule has 0 bridgehead atoms.